The lowest BCUT2D eigenvalue weighted by Gasteiger charge is -2.24. The maximum atomic E-state index is 10.9. The Kier molecular flexibility index (Phi) is 108. The molecule has 2 aliphatic rings. The van der Waals surface area contributed by atoms with Gasteiger partial charge in [-0.1, -0.05) is 91.5 Å². The number of likely N-dealkylation sites (tertiary alicyclic amines) is 1. The fraction of sp³-hybridized carbons (Fsp3) is 0.917. The van der Waals surface area contributed by atoms with E-state index >= 15 is 0 Å². The molecule has 0 aromatic carbocycles. The van der Waals surface area contributed by atoms with Crippen LogP contribution >= 0.6 is 0 Å². The van der Waals surface area contributed by atoms with Gasteiger partial charge < -0.3 is 19.3 Å². The first-order chi connectivity index (χ1) is 22.3. The number of nitriles is 1. The number of hydrogen-bond acceptors (Lipinski definition) is 9. The second-order valence-electron chi connectivity index (χ2n) is 8.43. The monoisotopic (exact) mass is 788 g/mol. The number of amides is 2. The molecule has 13 nitrogen and oxygen atoms in total. The van der Waals surface area contributed by atoms with Crippen molar-refractivity contribution >= 4 is 31.9 Å². The van der Waals surface area contributed by atoms with Gasteiger partial charge in [-0.15, -0.1) is 0 Å². The Morgan fingerprint density at radius 1 is 0.686 bits per heavy atom. The van der Waals surface area contributed by atoms with Crippen LogP contribution in [0.15, 0.2) is 0 Å². The van der Waals surface area contributed by atoms with Crippen molar-refractivity contribution in [3.05, 3.63) is 0 Å². The van der Waals surface area contributed by atoms with Crippen LogP contribution < -0.4 is 0 Å². The van der Waals surface area contributed by atoms with Gasteiger partial charge in [0.25, 0.3) is 0 Å². The largest absolute Gasteiger partial charge is 0.388 e. The molecule has 2 saturated heterocycles. The molecule has 0 unspecified atom stereocenters. The van der Waals surface area contributed by atoms with E-state index in [2.05, 4.69) is 4.74 Å². The summed E-state index contributed by atoms with van der Waals surface area (Å²) in [6.45, 7) is 28.6. The summed E-state index contributed by atoms with van der Waals surface area (Å²) in [5.41, 5.74) is 0. The Morgan fingerprint density at radius 2 is 0.922 bits per heavy atom. The molecule has 0 aromatic rings. The van der Waals surface area contributed by atoms with Crippen molar-refractivity contribution in [2.45, 2.75) is 132 Å². The molecule has 51 heavy (non-hydrogen) atoms. The zero-order chi connectivity index (χ0) is 40.9. The van der Waals surface area contributed by atoms with Crippen LogP contribution in [0.2, 0.25) is 0 Å². The summed E-state index contributed by atoms with van der Waals surface area (Å²) in [5, 5.41) is 7.32. The van der Waals surface area contributed by atoms with E-state index in [0.717, 1.165) is 23.7 Å². The van der Waals surface area contributed by atoms with Crippen LogP contribution in [0, 0.1) is 11.3 Å². The molecule has 2 amide bonds. The first kappa shape index (κ1) is 82.6. The fourth-order valence-electron chi connectivity index (χ4n) is 2.09. The summed E-state index contributed by atoms with van der Waals surface area (Å²) in [6.07, 6.45) is 6.06. The number of sulfonamides is 2. The van der Waals surface area contributed by atoms with Crippen LogP contribution in [0.3, 0.4) is 0 Å². The molecule has 0 aliphatic carbocycles. The number of hydrogen-bond donors (Lipinski definition) is 0. The average Bonchev–Trinajstić information content (AvgIpc) is 3.07. The van der Waals surface area contributed by atoms with Gasteiger partial charge in [0.1, 0.15) is 0 Å². The van der Waals surface area contributed by atoms with Crippen molar-refractivity contribution < 1.29 is 35.9 Å². The van der Waals surface area contributed by atoms with Gasteiger partial charge in [-0.25, -0.2) is 21.1 Å². The molecular formula is C36H93N5O8S2. The molecule has 0 radical (unpaired) electrons. The van der Waals surface area contributed by atoms with Gasteiger partial charge in [0.05, 0.1) is 31.8 Å². The molecule has 2 heterocycles. The topological polar surface area (TPSA) is 158 Å². The summed E-state index contributed by atoms with van der Waals surface area (Å²) in [4.78, 5) is 24.2. The summed E-state index contributed by atoms with van der Waals surface area (Å²) >= 11 is 0. The van der Waals surface area contributed by atoms with E-state index in [0.29, 0.717) is 26.3 Å². The van der Waals surface area contributed by atoms with E-state index < -0.39 is 20.0 Å². The molecule has 0 atom stereocenters. The van der Waals surface area contributed by atoms with E-state index in [1.54, 1.807) is 41.3 Å². The highest BCUT2D eigenvalue weighted by atomic mass is 32.2. The number of carbonyl (C=O) groups excluding carboxylic acids is 2. The zero-order valence-corrected chi connectivity index (χ0v) is 36.8. The second-order valence-corrected chi connectivity index (χ2v) is 12.6. The predicted octanol–water partition coefficient (Wildman–Crippen LogP) is 7.73. The van der Waals surface area contributed by atoms with E-state index in [4.69, 9.17) is 10.00 Å². The van der Waals surface area contributed by atoms with Crippen molar-refractivity contribution in [1.82, 2.24) is 18.4 Å². The second kappa shape index (κ2) is 66.4. The number of rotatable bonds is 2. The fourth-order valence-corrected chi connectivity index (χ4v) is 2.90. The minimum atomic E-state index is -2.97. The van der Waals surface area contributed by atoms with Crippen LogP contribution in [-0.4, -0.2) is 141 Å². The minimum Gasteiger partial charge on any atom is -0.388 e. The van der Waals surface area contributed by atoms with Gasteiger partial charge in [-0.3, -0.25) is 9.59 Å². The van der Waals surface area contributed by atoms with Crippen LogP contribution in [0.4, 0.5) is 0 Å². The van der Waals surface area contributed by atoms with E-state index in [1.807, 2.05) is 74.1 Å². The minimum absolute atomic E-state index is 0. The van der Waals surface area contributed by atoms with Gasteiger partial charge in [0, 0.05) is 89.4 Å². The van der Waals surface area contributed by atoms with Gasteiger partial charge in [0.15, 0.2) is 0 Å². The highest BCUT2D eigenvalue weighted by Gasteiger charge is 2.18. The van der Waals surface area contributed by atoms with Crippen molar-refractivity contribution in [3.63, 3.8) is 0 Å². The normalized spacial score (nSPS) is 11.7. The van der Waals surface area contributed by atoms with E-state index in [-0.39, 0.29) is 34.1 Å². The average molecular weight is 788 g/mol. The lowest BCUT2D eigenvalue weighted by atomic mass is 10.1. The Balaban J connectivity index is -0.0000000348. The van der Waals surface area contributed by atoms with Gasteiger partial charge >= 0.3 is 0 Å². The molecular weight excluding hydrogens is 695 g/mol. The number of ether oxygens (including phenoxy) is 2. The number of nitrogens with zero attached hydrogens (tertiary/aromatic N) is 5. The van der Waals surface area contributed by atoms with Crippen LogP contribution in [-0.2, 0) is 39.1 Å². The number of piperidine rings is 1. The summed E-state index contributed by atoms with van der Waals surface area (Å²) in [5.74, 6) is 0.324. The summed E-state index contributed by atoms with van der Waals surface area (Å²) in [7, 11) is 3.81. The van der Waals surface area contributed by atoms with Crippen molar-refractivity contribution in [2.75, 3.05) is 94.3 Å². The number of morpholine rings is 1. The maximum absolute atomic E-state index is 10.9. The third-order valence-corrected chi connectivity index (χ3v) is 7.16. The Labute approximate surface area is 322 Å². The molecule has 0 aromatic heterocycles. The van der Waals surface area contributed by atoms with Crippen LogP contribution in [0.5, 0.6) is 0 Å². The van der Waals surface area contributed by atoms with E-state index in [1.165, 1.54) is 62.7 Å². The molecule has 2 aliphatic heterocycles. The zero-order valence-electron chi connectivity index (χ0n) is 35.2. The SMILES string of the molecule is C.C.C.CC.CC.CC.CC.CC.CC#N.CC(=O)N(C)C.CC(=O)N1CCCCC1.CN(C)S(C)(=O)=O.COC.CS(=O)(=O)N1CCOCC1. The highest BCUT2D eigenvalue weighted by Crippen LogP contribution is 2.07. The Bertz CT molecular complexity index is 853. The van der Waals surface area contributed by atoms with E-state index in [9.17, 15) is 26.4 Å². The van der Waals surface area contributed by atoms with Gasteiger partial charge in [-0.05, 0) is 19.3 Å². The summed E-state index contributed by atoms with van der Waals surface area (Å²) in [6, 6.07) is 1.75. The quantitative estimate of drug-likeness (QED) is 0.273. The highest BCUT2D eigenvalue weighted by molar-refractivity contribution is 7.88. The first-order valence-electron chi connectivity index (χ1n) is 16.9. The molecule has 322 valence electrons. The number of methoxy groups -OCH3 is 1. The standard InChI is InChI=1S/C7H13NO.C5H11NO3S.C4H9NO.C3H9NO2S.C2H3N.C2H6O.5C2H6.3CH4/c1-7(9)8-5-3-2-4-6-8;1-10(7,8)6-2-4-9-5-3-6;1-4(6)5(2)3;1-4(2)7(3,5)6;1-2-3;1-3-2;5*1-2;;;/h2-6H2,1H3;2-5H2,1H3;1-3H3;1-3H3;1H3;1-2H3;5*1-2H3;3*1H4. The lowest BCUT2D eigenvalue weighted by Crippen LogP contribution is -2.39. The molecule has 2 fully saturated rings. The van der Waals surface area contributed by atoms with Crippen molar-refractivity contribution in [2.24, 2.45) is 0 Å². The van der Waals surface area contributed by atoms with Gasteiger partial charge in [0.2, 0.25) is 31.9 Å². The number of carbonyl (C=O) groups is 2. The third-order valence-electron chi connectivity index (χ3n) is 4.53. The van der Waals surface area contributed by atoms with Crippen molar-refractivity contribution in [3.8, 4) is 6.07 Å². The predicted molar refractivity (Wildman–Crippen MR) is 227 cm³/mol. The third kappa shape index (κ3) is 87.9. The Morgan fingerprint density at radius 3 is 1.04 bits per heavy atom. The van der Waals surface area contributed by atoms with Crippen LogP contribution in [0.25, 0.3) is 0 Å². The smallest absolute Gasteiger partial charge is 0.219 e. The van der Waals surface area contributed by atoms with Gasteiger partial charge in [-0.2, -0.15) is 9.57 Å². The van der Waals surface area contributed by atoms with Crippen molar-refractivity contribution in [1.29, 1.82) is 5.26 Å². The molecule has 0 spiro atoms. The van der Waals surface area contributed by atoms with Crippen LogP contribution in [0.1, 0.15) is 132 Å². The Hall–Kier alpha value is -1.83. The molecule has 0 saturated carbocycles. The maximum Gasteiger partial charge on any atom is 0.219 e. The summed E-state index contributed by atoms with van der Waals surface area (Å²) < 4.78 is 54.1. The lowest BCUT2D eigenvalue weighted by molar-refractivity contribution is -0.129. The molecule has 15 heteroatoms. The molecule has 0 bridgehead atoms. The molecule has 2 rings (SSSR count). The first-order valence-corrected chi connectivity index (χ1v) is 20.6. The molecule has 0 N–H and O–H groups in total.